The van der Waals surface area contributed by atoms with Crippen LogP contribution in [0.2, 0.25) is 0 Å². The Morgan fingerprint density at radius 3 is 2.67 bits per heavy atom. The summed E-state index contributed by atoms with van der Waals surface area (Å²) >= 11 is 0. The van der Waals surface area contributed by atoms with Gasteiger partial charge in [0.25, 0.3) is 0 Å². The molecule has 5 heteroatoms. The van der Waals surface area contributed by atoms with Crippen molar-refractivity contribution in [3.05, 3.63) is 63.7 Å². The van der Waals surface area contributed by atoms with Crippen LogP contribution in [0, 0.1) is 17.0 Å². The summed E-state index contributed by atoms with van der Waals surface area (Å²) in [5.41, 5.74) is 1.86. The summed E-state index contributed by atoms with van der Waals surface area (Å²) in [5.74, 6) is 0.835. The van der Waals surface area contributed by atoms with E-state index in [2.05, 4.69) is 5.32 Å². The molecule has 0 aromatic heterocycles. The number of aryl methyl sites for hydroxylation is 1. The van der Waals surface area contributed by atoms with Gasteiger partial charge in [-0.2, -0.15) is 0 Å². The number of benzene rings is 2. The number of nitrogens with zero attached hydrogens (tertiary/aromatic N) is 1. The first-order chi connectivity index (χ1) is 10.0. The monoisotopic (exact) mass is 286 g/mol. The van der Waals surface area contributed by atoms with Gasteiger partial charge in [0.2, 0.25) is 5.75 Å². The Hall–Kier alpha value is -2.40. The Balaban J connectivity index is 2.32. The molecule has 0 saturated carbocycles. The lowest BCUT2D eigenvalue weighted by molar-refractivity contribution is -0.385. The fraction of sp³-hybridized carbons (Fsp3) is 0.250. The van der Waals surface area contributed by atoms with Gasteiger partial charge in [0.15, 0.2) is 0 Å². The van der Waals surface area contributed by atoms with Crippen molar-refractivity contribution in [3.63, 3.8) is 0 Å². The molecule has 0 aliphatic heterocycles. The van der Waals surface area contributed by atoms with Gasteiger partial charge in [-0.25, -0.2) is 0 Å². The molecular formula is C16H18N2O3. The van der Waals surface area contributed by atoms with E-state index in [0.717, 1.165) is 11.1 Å². The van der Waals surface area contributed by atoms with Crippen LogP contribution in [0.1, 0.15) is 24.1 Å². The highest BCUT2D eigenvalue weighted by atomic mass is 16.6. The molecule has 2 aromatic rings. The lowest BCUT2D eigenvalue weighted by Gasteiger charge is -2.12. The first-order valence-electron chi connectivity index (χ1n) is 6.71. The highest BCUT2D eigenvalue weighted by Gasteiger charge is 2.16. The molecule has 1 atom stereocenters. The molecule has 0 heterocycles. The molecule has 1 N–H and O–H groups in total. The van der Waals surface area contributed by atoms with E-state index in [0.29, 0.717) is 5.75 Å². The molecule has 0 radical (unpaired) electrons. The second-order valence-electron chi connectivity index (χ2n) is 4.91. The van der Waals surface area contributed by atoms with Crippen molar-refractivity contribution in [1.82, 2.24) is 5.32 Å². The van der Waals surface area contributed by atoms with Crippen LogP contribution < -0.4 is 10.1 Å². The fourth-order valence-corrected chi connectivity index (χ4v) is 2.00. The van der Waals surface area contributed by atoms with E-state index < -0.39 is 4.92 Å². The van der Waals surface area contributed by atoms with Crippen LogP contribution in [0.4, 0.5) is 5.69 Å². The maximum absolute atomic E-state index is 11.1. The lowest BCUT2D eigenvalue weighted by atomic mass is 10.1. The topological polar surface area (TPSA) is 64.4 Å². The molecule has 110 valence electrons. The number of hydrogen-bond donors (Lipinski definition) is 1. The van der Waals surface area contributed by atoms with E-state index >= 15 is 0 Å². The maximum Gasteiger partial charge on any atom is 0.311 e. The first kappa shape index (κ1) is 15.0. The molecule has 0 fully saturated rings. The molecule has 0 saturated heterocycles. The number of nitro groups is 1. The molecule has 0 amide bonds. The molecular weight excluding hydrogens is 268 g/mol. The third-order valence-electron chi connectivity index (χ3n) is 3.33. The third kappa shape index (κ3) is 3.58. The predicted octanol–water partition coefficient (Wildman–Crippen LogP) is 3.98. The predicted molar refractivity (Wildman–Crippen MR) is 81.8 cm³/mol. The van der Waals surface area contributed by atoms with Crippen molar-refractivity contribution in [2.24, 2.45) is 0 Å². The standard InChI is InChI=1S/C16H18N2O3/c1-11-7-8-16(15(9-11)18(19)20)21-14-6-4-5-13(10-14)12(2)17-3/h4-10,12,17H,1-3H3. The first-order valence-corrected chi connectivity index (χ1v) is 6.71. The number of nitrogens with one attached hydrogen (secondary N) is 1. The zero-order valence-electron chi connectivity index (χ0n) is 12.3. The van der Waals surface area contributed by atoms with E-state index in [1.54, 1.807) is 18.2 Å². The molecule has 0 aliphatic rings. The molecule has 0 bridgehead atoms. The SMILES string of the molecule is CNC(C)c1cccc(Oc2ccc(C)cc2[N+](=O)[O-])c1. The van der Waals surface area contributed by atoms with Crippen LogP contribution in [0.25, 0.3) is 0 Å². The third-order valence-corrected chi connectivity index (χ3v) is 3.33. The summed E-state index contributed by atoms with van der Waals surface area (Å²) < 4.78 is 5.69. The van der Waals surface area contributed by atoms with Gasteiger partial charge >= 0.3 is 5.69 Å². The normalized spacial score (nSPS) is 12.0. The summed E-state index contributed by atoms with van der Waals surface area (Å²) in [6.45, 7) is 3.85. The molecule has 2 aromatic carbocycles. The number of ether oxygens (including phenoxy) is 1. The minimum Gasteiger partial charge on any atom is -0.450 e. The van der Waals surface area contributed by atoms with Crippen molar-refractivity contribution >= 4 is 5.69 Å². The van der Waals surface area contributed by atoms with Crippen molar-refractivity contribution in [2.45, 2.75) is 19.9 Å². The van der Waals surface area contributed by atoms with E-state index in [-0.39, 0.29) is 17.5 Å². The average Bonchev–Trinajstić information content (AvgIpc) is 2.48. The van der Waals surface area contributed by atoms with Crippen molar-refractivity contribution in [2.75, 3.05) is 7.05 Å². The van der Waals surface area contributed by atoms with Gasteiger partial charge in [-0.05, 0) is 50.2 Å². The summed E-state index contributed by atoms with van der Waals surface area (Å²) in [7, 11) is 1.88. The quantitative estimate of drug-likeness (QED) is 0.667. The van der Waals surface area contributed by atoms with Crippen LogP contribution in [0.5, 0.6) is 11.5 Å². The minimum atomic E-state index is -0.428. The molecule has 0 aliphatic carbocycles. The minimum absolute atomic E-state index is 0.0259. The van der Waals surface area contributed by atoms with E-state index in [9.17, 15) is 10.1 Å². The molecule has 21 heavy (non-hydrogen) atoms. The van der Waals surface area contributed by atoms with Crippen LogP contribution >= 0.6 is 0 Å². The molecule has 1 unspecified atom stereocenters. The van der Waals surface area contributed by atoms with Gasteiger partial charge in [-0.3, -0.25) is 10.1 Å². The van der Waals surface area contributed by atoms with Crippen LogP contribution in [-0.2, 0) is 0 Å². The summed E-state index contributed by atoms with van der Waals surface area (Å²) in [4.78, 5) is 10.7. The van der Waals surface area contributed by atoms with Crippen LogP contribution in [0.15, 0.2) is 42.5 Å². The van der Waals surface area contributed by atoms with Crippen molar-refractivity contribution in [1.29, 1.82) is 0 Å². The average molecular weight is 286 g/mol. The fourth-order valence-electron chi connectivity index (χ4n) is 2.00. The van der Waals surface area contributed by atoms with E-state index in [4.69, 9.17) is 4.74 Å². The Kier molecular flexibility index (Phi) is 4.55. The Morgan fingerprint density at radius 1 is 1.24 bits per heavy atom. The Bertz CT molecular complexity index is 656. The van der Waals surface area contributed by atoms with Crippen molar-refractivity contribution < 1.29 is 9.66 Å². The molecule has 2 rings (SSSR count). The number of rotatable bonds is 5. The number of hydrogen-bond acceptors (Lipinski definition) is 4. The zero-order chi connectivity index (χ0) is 15.4. The molecule has 0 spiro atoms. The zero-order valence-corrected chi connectivity index (χ0v) is 12.3. The van der Waals surface area contributed by atoms with Gasteiger partial charge in [0.1, 0.15) is 5.75 Å². The summed E-state index contributed by atoms with van der Waals surface area (Å²) in [6, 6.07) is 12.6. The van der Waals surface area contributed by atoms with Gasteiger partial charge in [0, 0.05) is 12.1 Å². The van der Waals surface area contributed by atoms with Crippen LogP contribution in [0.3, 0.4) is 0 Å². The Labute approximate surface area is 123 Å². The van der Waals surface area contributed by atoms with E-state index in [1.807, 2.05) is 39.1 Å². The summed E-state index contributed by atoms with van der Waals surface area (Å²) in [6.07, 6.45) is 0. The van der Waals surface area contributed by atoms with Gasteiger partial charge < -0.3 is 10.1 Å². The summed E-state index contributed by atoms with van der Waals surface area (Å²) in [5, 5.41) is 14.2. The highest BCUT2D eigenvalue weighted by molar-refractivity contribution is 5.50. The van der Waals surface area contributed by atoms with Gasteiger partial charge in [-0.15, -0.1) is 0 Å². The smallest absolute Gasteiger partial charge is 0.311 e. The number of nitro benzene ring substituents is 1. The second kappa shape index (κ2) is 6.37. The largest absolute Gasteiger partial charge is 0.450 e. The Morgan fingerprint density at radius 2 is 2.00 bits per heavy atom. The van der Waals surface area contributed by atoms with Crippen LogP contribution in [-0.4, -0.2) is 12.0 Å². The lowest BCUT2D eigenvalue weighted by Crippen LogP contribution is -2.12. The van der Waals surface area contributed by atoms with Crippen molar-refractivity contribution in [3.8, 4) is 11.5 Å². The highest BCUT2D eigenvalue weighted by Crippen LogP contribution is 2.32. The van der Waals surface area contributed by atoms with E-state index in [1.165, 1.54) is 6.07 Å². The maximum atomic E-state index is 11.1. The molecule has 5 nitrogen and oxygen atoms in total. The second-order valence-corrected chi connectivity index (χ2v) is 4.91. The van der Waals surface area contributed by atoms with Gasteiger partial charge in [-0.1, -0.05) is 18.2 Å². The van der Waals surface area contributed by atoms with Gasteiger partial charge in [0.05, 0.1) is 4.92 Å².